The van der Waals surface area contributed by atoms with Crippen molar-refractivity contribution in [2.24, 2.45) is 0 Å². The number of hydrogen-bond donors (Lipinski definition) is 2. The predicted molar refractivity (Wildman–Crippen MR) is 117 cm³/mol. The Morgan fingerprint density at radius 2 is 1.89 bits per heavy atom. The number of rotatable bonds is 6. The Hall–Kier alpha value is -3.73. The summed E-state index contributed by atoms with van der Waals surface area (Å²) in [5.74, 6) is -1.30. The van der Waals surface area contributed by atoms with Crippen molar-refractivity contribution in [1.29, 1.82) is 0 Å². The van der Waals surface area contributed by atoms with Gasteiger partial charge in [-0.2, -0.15) is 13.2 Å². The van der Waals surface area contributed by atoms with E-state index in [4.69, 9.17) is 4.74 Å². The van der Waals surface area contributed by atoms with E-state index in [1.165, 1.54) is 24.3 Å². The molecule has 2 aromatic heterocycles. The molecule has 184 valence electrons. The summed E-state index contributed by atoms with van der Waals surface area (Å²) in [4.78, 5) is 29.6. The number of halogens is 4. The normalized spacial score (nSPS) is 14.2. The highest BCUT2D eigenvalue weighted by Gasteiger charge is 2.31. The highest BCUT2D eigenvalue weighted by Crippen LogP contribution is 2.28. The fraction of sp³-hybridized carbons (Fsp3) is 0.292. The van der Waals surface area contributed by atoms with Gasteiger partial charge in [-0.05, 0) is 42.8 Å². The number of amides is 2. The van der Waals surface area contributed by atoms with Crippen molar-refractivity contribution in [2.45, 2.75) is 38.8 Å². The average Bonchev–Trinajstić information content (AvgIpc) is 3.22. The predicted octanol–water partition coefficient (Wildman–Crippen LogP) is 3.99. The molecule has 0 fully saturated rings. The minimum absolute atomic E-state index is 0.0917. The quantitative estimate of drug-likeness (QED) is 0.512. The molecule has 11 heteroatoms. The van der Waals surface area contributed by atoms with Crippen LogP contribution >= 0.6 is 0 Å². The lowest BCUT2D eigenvalue weighted by Crippen LogP contribution is -2.30. The van der Waals surface area contributed by atoms with Crippen LogP contribution in [0.5, 0.6) is 0 Å². The lowest BCUT2D eigenvalue weighted by molar-refractivity contribution is -0.137. The van der Waals surface area contributed by atoms with Gasteiger partial charge in [0, 0.05) is 12.7 Å². The van der Waals surface area contributed by atoms with Crippen LogP contribution < -0.4 is 10.6 Å². The first kappa shape index (κ1) is 24.4. The number of carbonyl (C=O) groups excluding carboxylic acids is 2. The van der Waals surface area contributed by atoms with Crippen LogP contribution in [0.1, 0.15) is 56.3 Å². The Labute approximate surface area is 198 Å². The third-order valence-electron chi connectivity index (χ3n) is 5.68. The van der Waals surface area contributed by atoms with Crippen LogP contribution in [0.4, 0.5) is 17.6 Å². The van der Waals surface area contributed by atoms with Crippen molar-refractivity contribution in [3.63, 3.8) is 0 Å². The highest BCUT2D eigenvalue weighted by molar-refractivity contribution is 6.00. The molecule has 0 spiro atoms. The average molecular weight is 490 g/mol. The second kappa shape index (κ2) is 9.87. The third kappa shape index (κ3) is 5.51. The molecular weight excluding hydrogens is 468 g/mol. The lowest BCUT2D eigenvalue weighted by Gasteiger charge is -2.20. The number of benzene rings is 1. The third-order valence-corrected chi connectivity index (χ3v) is 5.68. The lowest BCUT2D eigenvalue weighted by atomic mass is 10.1. The van der Waals surface area contributed by atoms with Crippen LogP contribution in [-0.4, -0.2) is 28.0 Å². The van der Waals surface area contributed by atoms with Crippen LogP contribution in [0, 0.1) is 5.82 Å². The zero-order chi connectivity index (χ0) is 25.2. The summed E-state index contributed by atoms with van der Waals surface area (Å²) < 4.78 is 58.5. The monoisotopic (exact) mass is 490 g/mol. The van der Waals surface area contributed by atoms with E-state index >= 15 is 0 Å². The number of aromatic nitrogens is 2. The number of carbonyl (C=O) groups is 2. The van der Waals surface area contributed by atoms with Gasteiger partial charge in [0.15, 0.2) is 0 Å². The molecule has 0 unspecified atom stereocenters. The minimum atomic E-state index is -4.49. The molecule has 2 amide bonds. The number of hydrogen-bond acceptors (Lipinski definition) is 4. The Balaban J connectivity index is 1.48. The molecule has 1 aromatic carbocycles. The van der Waals surface area contributed by atoms with E-state index in [1.54, 1.807) is 23.6 Å². The topological polar surface area (TPSA) is 85.3 Å². The Bertz CT molecular complexity index is 1220. The van der Waals surface area contributed by atoms with E-state index in [-0.39, 0.29) is 35.9 Å². The second-order valence-corrected chi connectivity index (χ2v) is 8.06. The van der Waals surface area contributed by atoms with Crippen LogP contribution in [0.3, 0.4) is 0 Å². The Kier molecular flexibility index (Phi) is 6.88. The molecule has 7 nitrogen and oxygen atoms in total. The molecule has 2 N–H and O–H groups in total. The van der Waals surface area contributed by atoms with E-state index < -0.39 is 29.6 Å². The zero-order valence-corrected chi connectivity index (χ0v) is 18.7. The summed E-state index contributed by atoms with van der Waals surface area (Å²) in [5, 5.41) is 5.48. The van der Waals surface area contributed by atoms with E-state index in [9.17, 15) is 27.2 Å². The van der Waals surface area contributed by atoms with Crippen molar-refractivity contribution in [3.05, 3.63) is 88.3 Å². The van der Waals surface area contributed by atoms with Gasteiger partial charge in [-0.25, -0.2) is 4.39 Å². The van der Waals surface area contributed by atoms with Crippen molar-refractivity contribution >= 4 is 11.8 Å². The summed E-state index contributed by atoms with van der Waals surface area (Å²) in [6.45, 7) is 2.54. The molecule has 0 radical (unpaired) electrons. The minimum Gasteiger partial charge on any atom is -0.373 e. The molecule has 0 bridgehead atoms. The summed E-state index contributed by atoms with van der Waals surface area (Å²) in [7, 11) is 0. The smallest absolute Gasteiger partial charge is 0.373 e. The fourth-order valence-corrected chi connectivity index (χ4v) is 3.78. The Morgan fingerprint density at radius 3 is 2.54 bits per heavy atom. The van der Waals surface area contributed by atoms with Crippen molar-refractivity contribution < 1.29 is 31.9 Å². The summed E-state index contributed by atoms with van der Waals surface area (Å²) in [6.07, 6.45) is -3.79. The Morgan fingerprint density at radius 1 is 1.14 bits per heavy atom. The first-order chi connectivity index (χ1) is 16.6. The van der Waals surface area contributed by atoms with Gasteiger partial charge in [0.1, 0.15) is 11.5 Å². The van der Waals surface area contributed by atoms with Gasteiger partial charge in [-0.15, -0.1) is 0 Å². The highest BCUT2D eigenvalue weighted by atomic mass is 19.4. The van der Waals surface area contributed by atoms with E-state index in [0.717, 1.165) is 11.6 Å². The van der Waals surface area contributed by atoms with Gasteiger partial charge in [-0.3, -0.25) is 14.6 Å². The standard InChI is InChI=1S/C24H22F4N4O3/c1-14(15-2-5-17(25)6-3-15)31-23(34)20-10-19(21-13-35-9-8-32(20)21)22(33)30-12-18-7-4-16(11-29-18)24(26,27)28/h2-7,10-11,14H,8-9,12-13H2,1H3,(H,30,33)(H,31,34)/t14-/m1/s1. The van der Waals surface area contributed by atoms with Crippen LogP contribution in [0.25, 0.3) is 0 Å². The fourth-order valence-electron chi connectivity index (χ4n) is 3.78. The maximum Gasteiger partial charge on any atom is 0.417 e. The van der Waals surface area contributed by atoms with Gasteiger partial charge in [0.05, 0.1) is 48.3 Å². The van der Waals surface area contributed by atoms with Gasteiger partial charge in [0.2, 0.25) is 0 Å². The molecule has 0 saturated heterocycles. The summed E-state index contributed by atoms with van der Waals surface area (Å²) in [6, 6.07) is 8.92. The number of alkyl halides is 3. The molecule has 3 heterocycles. The molecule has 1 aliphatic rings. The van der Waals surface area contributed by atoms with E-state index in [2.05, 4.69) is 15.6 Å². The van der Waals surface area contributed by atoms with E-state index in [0.29, 0.717) is 25.0 Å². The van der Waals surface area contributed by atoms with Crippen molar-refractivity contribution in [3.8, 4) is 0 Å². The number of nitrogens with one attached hydrogen (secondary N) is 2. The molecule has 0 saturated carbocycles. The molecule has 0 aliphatic carbocycles. The van der Waals surface area contributed by atoms with Crippen LogP contribution in [0.2, 0.25) is 0 Å². The number of pyridine rings is 1. The SMILES string of the molecule is C[C@@H](NC(=O)c1cc(C(=O)NCc2ccc(C(F)(F)F)cn2)c2n1CCOC2)c1ccc(F)cc1. The molecular formula is C24H22F4N4O3. The van der Waals surface area contributed by atoms with Crippen LogP contribution in [0.15, 0.2) is 48.7 Å². The molecule has 3 aromatic rings. The van der Waals surface area contributed by atoms with Crippen molar-refractivity contribution in [2.75, 3.05) is 6.61 Å². The zero-order valence-electron chi connectivity index (χ0n) is 18.7. The van der Waals surface area contributed by atoms with Gasteiger partial charge in [-0.1, -0.05) is 12.1 Å². The maximum atomic E-state index is 13.2. The molecule has 1 aliphatic heterocycles. The molecule has 35 heavy (non-hydrogen) atoms. The largest absolute Gasteiger partial charge is 0.417 e. The van der Waals surface area contributed by atoms with Gasteiger partial charge >= 0.3 is 6.18 Å². The second-order valence-electron chi connectivity index (χ2n) is 8.06. The summed E-state index contributed by atoms with van der Waals surface area (Å²) >= 11 is 0. The first-order valence-corrected chi connectivity index (χ1v) is 10.8. The van der Waals surface area contributed by atoms with Gasteiger partial charge < -0.3 is 19.9 Å². The number of nitrogens with zero attached hydrogens (tertiary/aromatic N) is 2. The number of fused-ring (bicyclic) bond motifs is 1. The van der Waals surface area contributed by atoms with E-state index in [1.807, 2.05) is 0 Å². The van der Waals surface area contributed by atoms with Gasteiger partial charge in [0.25, 0.3) is 11.8 Å². The first-order valence-electron chi connectivity index (χ1n) is 10.8. The molecule has 1 atom stereocenters. The van der Waals surface area contributed by atoms with Crippen molar-refractivity contribution in [1.82, 2.24) is 20.2 Å². The summed E-state index contributed by atoms with van der Waals surface area (Å²) in [5.41, 5.74) is 1.12. The number of ether oxygens (including phenoxy) is 1. The molecule has 4 rings (SSSR count). The maximum absolute atomic E-state index is 13.2. The van der Waals surface area contributed by atoms with Crippen LogP contribution in [-0.2, 0) is 30.6 Å².